The third-order valence-corrected chi connectivity index (χ3v) is 5.77. The molecule has 1 aliphatic carbocycles. The molecule has 1 fully saturated rings. The lowest BCUT2D eigenvalue weighted by Gasteiger charge is -2.20. The minimum absolute atomic E-state index is 0.0127. The van der Waals surface area contributed by atoms with E-state index in [-0.39, 0.29) is 35.3 Å². The van der Waals surface area contributed by atoms with Crippen LogP contribution in [0.15, 0.2) is 54.7 Å². The maximum Gasteiger partial charge on any atom is 0.254 e. The summed E-state index contributed by atoms with van der Waals surface area (Å²) in [7, 11) is 1.61. The first-order chi connectivity index (χ1) is 16.4. The molecule has 0 spiro atoms. The van der Waals surface area contributed by atoms with E-state index in [2.05, 4.69) is 16.3 Å². The number of fused-ring (bicyclic) bond motifs is 1. The number of nitrogens with zero attached hydrogens (tertiary/aromatic N) is 3. The molecule has 3 aromatic carbocycles. The summed E-state index contributed by atoms with van der Waals surface area (Å²) < 4.78 is 21.4. The zero-order valence-corrected chi connectivity index (χ0v) is 18.4. The number of hydrogen-bond donors (Lipinski definition) is 2. The summed E-state index contributed by atoms with van der Waals surface area (Å²) in [6, 6.07) is 14.6. The summed E-state index contributed by atoms with van der Waals surface area (Å²) in [4.78, 5) is 14.7. The van der Waals surface area contributed by atoms with E-state index in [1.54, 1.807) is 55.7 Å². The molecule has 0 bridgehead atoms. The molecular formula is C26H21FN4O3. The lowest BCUT2D eigenvalue weighted by molar-refractivity contribution is 0.0784. The highest BCUT2D eigenvalue weighted by molar-refractivity contribution is 5.96. The van der Waals surface area contributed by atoms with Crippen LogP contribution >= 0.6 is 0 Å². The third-order valence-electron chi connectivity index (χ3n) is 5.77. The van der Waals surface area contributed by atoms with Crippen molar-refractivity contribution < 1.29 is 19.0 Å². The highest BCUT2D eigenvalue weighted by Crippen LogP contribution is 2.38. The number of carbonyl (C=O) groups excluding carboxylic acids is 1. The Hall–Kier alpha value is -4.38. The van der Waals surface area contributed by atoms with Gasteiger partial charge < -0.3 is 14.7 Å². The van der Waals surface area contributed by atoms with Crippen LogP contribution < -0.4 is 4.74 Å². The molecule has 0 saturated heterocycles. The van der Waals surface area contributed by atoms with Gasteiger partial charge in [0.2, 0.25) is 0 Å². The van der Waals surface area contributed by atoms with Gasteiger partial charge in [0.25, 0.3) is 5.91 Å². The van der Waals surface area contributed by atoms with E-state index in [1.807, 2.05) is 0 Å². The topological polar surface area (TPSA) is 102 Å². The minimum atomic E-state index is -0.599. The Bertz CT molecular complexity index is 1450. The quantitative estimate of drug-likeness (QED) is 0.436. The third kappa shape index (κ3) is 4.16. The summed E-state index contributed by atoms with van der Waals surface area (Å²) in [6.07, 6.45) is 3.32. The molecule has 4 aromatic rings. The average Bonchev–Trinajstić information content (AvgIpc) is 3.51. The van der Waals surface area contributed by atoms with E-state index in [1.165, 1.54) is 11.0 Å². The molecule has 2 N–H and O–H groups in total. The Kier molecular flexibility index (Phi) is 5.38. The van der Waals surface area contributed by atoms with Gasteiger partial charge in [-0.05, 0) is 54.8 Å². The molecular weight excluding hydrogens is 435 g/mol. The maximum absolute atomic E-state index is 15.4. The molecule has 8 heteroatoms. The second-order valence-corrected chi connectivity index (χ2v) is 8.44. The van der Waals surface area contributed by atoms with Gasteiger partial charge in [0.15, 0.2) is 0 Å². The van der Waals surface area contributed by atoms with Crippen LogP contribution in [0.2, 0.25) is 0 Å². The Morgan fingerprint density at radius 1 is 1.29 bits per heavy atom. The molecule has 0 unspecified atom stereocenters. The largest absolute Gasteiger partial charge is 0.508 e. The number of carbonyl (C=O) groups is 1. The number of aromatic amines is 1. The molecule has 5 rings (SSSR count). The monoisotopic (exact) mass is 456 g/mol. The predicted molar refractivity (Wildman–Crippen MR) is 124 cm³/mol. The number of hydrogen-bond acceptors (Lipinski definition) is 5. The molecule has 1 amide bonds. The maximum atomic E-state index is 15.4. The van der Waals surface area contributed by atoms with Crippen molar-refractivity contribution in [3.05, 3.63) is 77.2 Å². The van der Waals surface area contributed by atoms with Crippen molar-refractivity contribution in [2.45, 2.75) is 25.5 Å². The fraction of sp³-hybridized carbons (Fsp3) is 0.192. The minimum Gasteiger partial charge on any atom is -0.508 e. The second-order valence-electron chi connectivity index (χ2n) is 8.44. The number of amides is 1. The molecule has 34 heavy (non-hydrogen) atoms. The number of nitrogens with one attached hydrogen (secondary N) is 1. The standard InChI is InChI=1S/C26H21FN4O3/c1-31(14-19-9-20(32)8-18-13-29-30-25(18)19)26(33)17-10-22(27)24(23(11-17)34-21-5-6-21)16-4-2-3-15(7-16)12-28/h2-4,7-11,13,21,32H,5-6,14H2,1H3,(H,29,30). The van der Waals surface area contributed by atoms with Crippen LogP contribution in [0.5, 0.6) is 11.5 Å². The van der Waals surface area contributed by atoms with Crippen molar-refractivity contribution in [2.75, 3.05) is 7.05 Å². The van der Waals surface area contributed by atoms with Crippen LogP contribution in [0.3, 0.4) is 0 Å². The van der Waals surface area contributed by atoms with E-state index in [4.69, 9.17) is 4.74 Å². The first kappa shape index (κ1) is 21.5. The normalized spacial score (nSPS) is 13.0. The summed E-state index contributed by atoms with van der Waals surface area (Å²) in [5.74, 6) is -0.645. The van der Waals surface area contributed by atoms with Gasteiger partial charge in [-0.3, -0.25) is 9.89 Å². The summed E-state index contributed by atoms with van der Waals surface area (Å²) in [5.41, 5.74) is 2.70. The number of ether oxygens (including phenoxy) is 1. The molecule has 1 aliphatic rings. The van der Waals surface area contributed by atoms with Gasteiger partial charge in [0, 0.05) is 30.1 Å². The number of phenols is 1. The van der Waals surface area contributed by atoms with Gasteiger partial charge in [-0.25, -0.2) is 4.39 Å². The zero-order chi connectivity index (χ0) is 23.8. The smallest absolute Gasteiger partial charge is 0.254 e. The van der Waals surface area contributed by atoms with Crippen molar-refractivity contribution in [1.82, 2.24) is 15.1 Å². The molecule has 1 aromatic heterocycles. The molecule has 1 heterocycles. The van der Waals surface area contributed by atoms with E-state index >= 15 is 4.39 Å². The van der Waals surface area contributed by atoms with Crippen molar-refractivity contribution in [2.24, 2.45) is 0 Å². The molecule has 1 saturated carbocycles. The molecule has 0 atom stereocenters. The fourth-order valence-electron chi connectivity index (χ4n) is 3.97. The first-order valence-corrected chi connectivity index (χ1v) is 10.8. The highest BCUT2D eigenvalue weighted by Gasteiger charge is 2.27. The Balaban J connectivity index is 1.49. The highest BCUT2D eigenvalue weighted by atomic mass is 19.1. The van der Waals surface area contributed by atoms with Crippen LogP contribution in [-0.2, 0) is 6.54 Å². The van der Waals surface area contributed by atoms with Crippen LogP contribution in [-0.4, -0.2) is 39.3 Å². The number of aromatic hydroxyl groups is 1. The van der Waals surface area contributed by atoms with Crippen LogP contribution in [0.4, 0.5) is 4.39 Å². The molecule has 170 valence electrons. The number of rotatable bonds is 6. The van der Waals surface area contributed by atoms with E-state index in [0.717, 1.165) is 18.2 Å². The Morgan fingerprint density at radius 3 is 2.88 bits per heavy atom. The van der Waals surface area contributed by atoms with Crippen molar-refractivity contribution in [3.63, 3.8) is 0 Å². The average molecular weight is 456 g/mol. The number of H-pyrrole nitrogens is 1. The lowest BCUT2D eigenvalue weighted by Crippen LogP contribution is -2.26. The van der Waals surface area contributed by atoms with Gasteiger partial charge in [-0.1, -0.05) is 12.1 Å². The number of benzene rings is 3. The van der Waals surface area contributed by atoms with Gasteiger partial charge in [-0.2, -0.15) is 10.4 Å². The Labute approximate surface area is 195 Å². The van der Waals surface area contributed by atoms with Crippen LogP contribution in [0, 0.1) is 17.1 Å². The number of halogens is 1. The first-order valence-electron chi connectivity index (χ1n) is 10.8. The molecule has 7 nitrogen and oxygen atoms in total. The van der Waals surface area contributed by atoms with Crippen molar-refractivity contribution in [3.8, 4) is 28.7 Å². The van der Waals surface area contributed by atoms with Crippen LogP contribution in [0.25, 0.3) is 22.0 Å². The van der Waals surface area contributed by atoms with E-state index < -0.39 is 11.7 Å². The van der Waals surface area contributed by atoms with Gasteiger partial charge in [0.1, 0.15) is 17.3 Å². The number of phenolic OH excluding ortho intramolecular Hbond substituents is 1. The van der Waals surface area contributed by atoms with Crippen molar-refractivity contribution in [1.29, 1.82) is 5.26 Å². The summed E-state index contributed by atoms with van der Waals surface area (Å²) in [6.45, 7) is 0.179. The number of aromatic nitrogens is 2. The SMILES string of the molecule is CN(Cc1cc(O)cc2cn[nH]c12)C(=O)c1cc(F)c(-c2cccc(C#N)c2)c(OC2CC2)c1. The van der Waals surface area contributed by atoms with Gasteiger partial charge in [0.05, 0.1) is 35.0 Å². The Morgan fingerprint density at radius 2 is 2.12 bits per heavy atom. The zero-order valence-electron chi connectivity index (χ0n) is 18.4. The summed E-state index contributed by atoms with van der Waals surface area (Å²) in [5, 5.41) is 26.8. The fourth-order valence-corrected chi connectivity index (χ4v) is 3.97. The second kappa shape index (κ2) is 8.52. The number of nitriles is 1. The van der Waals surface area contributed by atoms with E-state index in [9.17, 15) is 15.2 Å². The molecule has 0 radical (unpaired) electrons. The molecule has 0 aliphatic heterocycles. The van der Waals surface area contributed by atoms with Gasteiger partial charge in [-0.15, -0.1) is 0 Å². The van der Waals surface area contributed by atoms with Gasteiger partial charge >= 0.3 is 0 Å². The lowest BCUT2D eigenvalue weighted by atomic mass is 9.99. The van der Waals surface area contributed by atoms with E-state index in [0.29, 0.717) is 22.2 Å². The summed E-state index contributed by atoms with van der Waals surface area (Å²) >= 11 is 0. The predicted octanol–water partition coefficient (Wildman–Crippen LogP) is 4.76. The van der Waals surface area contributed by atoms with Crippen molar-refractivity contribution >= 4 is 16.8 Å². The van der Waals surface area contributed by atoms with Crippen LogP contribution in [0.1, 0.15) is 34.3 Å².